The maximum absolute atomic E-state index is 11.0. The van der Waals surface area contributed by atoms with Crippen molar-refractivity contribution < 1.29 is 4.92 Å². The lowest BCUT2D eigenvalue weighted by atomic mass is 10.1. The summed E-state index contributed by atoms with van der Waals surface area (Å²) in [6, 6.07) is 14.4. The van der Waals surface area contributed by atoms with Crippen LogP contribution < -0.4 is 0 Å². The Labute approximate surface area is 121 Å². The van der Waals surface area contributed by atoms with Gasteiger partial charge >= 0.3 is 0 Å². The minimum absolute atomic E-state index is 0.0486. The summed E-state index contributed by atoms with van der Waals surface area (Å²) in [7, 11) is 0. The summed E-state index contributed by atoms with van der Waals surface area (Å²) in [4.78, 5) is 19.6. The molecule has 0 fully saturated rings. The normalized spacial score (nSPS) is 10.7. The average Bonchev–Trinajstić information content (AvgIpc) is 2.54. The lowest BCUT2D eigenvalue weighted by Crippen LogP contribution is -1.98. The molecule has 0 aliphatic rings. The Balaban J connectivity index is 2.33. The van der Waals surface area contributed by atoms with Gasteiger partial charge in [-0.15, -0.1) is 0 Å². The molecule has 0 unspecified atom stereocenters. The van der Waals surface area contributed by atoms with E-state index in [4.69, 9.17) is 0 Å². The van der Waals surface area contributed by atoms with Gasteiger partial charge in [0.2, 0.25) is 0 Å². The number of rotatable bonds is 3. The largest absolute Gasteiger partial charge is 0.270 e. The van der Waals surface area contributed by atoms with Crippen molar-refractivity contribution in [1.29, 1.82) is 0 Å². The van der Waals surface area contributed by atoms with E-state index in [0.29, 0.717) is 11.8 Å². The Morgan fingerprint density at radius 2 is 1.86 bits per heavy atom. The van der Waals surface area contributed by atoms with Gasteiger partial charge in [0.05, 0.1) is 16.1 Å². The molecule has 0 saturated carbocycles. The highest BCUT2D eigenvalue weighted by molar-refractivity contribution is 5.93. The van der Waals surface area contributed by atoms with Crippen molar-refractivity contribution in [2.24, 2.45) is 0 Å². The van der Waals surface area contributed by atoms with Crippen LogP contribution in [-0.4, -0.2) is 14.9 Å². The number of fused-ring (bicyclic) bond motifs is 1. The number of hydrogen-bond acceptors (Lipinski definition) is 4. The highest BCUT2D eigenvalue weighted by atomic mass is 16.6. The van der Waals surface area contributed by atoms with Gasteiger partial charge in [-0.05, 0) is 6.07 Å². The Morgan fingerprint density at radius 3 is 2.52 bits per heavy atom. The number of aryl methyl sites for hydroxylation is 1. The predicted molar refractivity (Wildman–Crippen MR) is 81.0 cm³/mol. The molecule has 104 valence electrons. The molecule has 0 bridgehead atoms. The van der Waals surface area contributed by atoms with Crippen LogP contribution in [0, 0.1) is 10.1 Å². The van der Waals surface area contributed by atoms with Crippen LogP contribution in [0.1, 0.15) is 12.7 Å². The van der Waals surface area contributed by atoms with Crippen LogP contribution in [0.3, 0.4) is 0 Å². The lowest BCUT2D eigenvalue weighted by Gasteiger charge is -2.08. The van der Waals surface area contributed by atoms with Crippen molar-refractivity contribution in [3.63, 3.8) is 0 Å². The number of aromatic nitrogens is 2. The number of hydrogen-bond donors (Lipinski definition) is 0. The third-order valence-electron chi connectivity index (χ3n) is 3.30. The van der Waals surface area contributed by atoms with Gasteiger partial charge in [0.25, 0.3) is 5.69 Å². The maximum atomic E-state index is 11.0. The quantitative estimate of drug-likeness (QED) is 0.540. The van der Waals surface area contributed by atoms with Crippen LogP contribution in [0.15, 0.2) is 48.5 Å². The standard InChI is InChI=1S/C16H13N3O2/c1-2-15-17-14-9-8-12(19(20)21)10-13(14)16(18-15)11-6-4-3-5-7-11/h3-10H,2H2,1H3. The molecule has 0 radical (unpaired) electrons. The van der Waals surface area contributed by atoms with Gasteiger partial charge in [-0.25, -0.2) is 9.97 Å². The topological polar surface area (TPSA) is 68.9 Å². The molecule has 5 heteroatoms. The number of non-ortho nitro benzene ring substituents is 1. The van der Waals surface area contributed by atoms with E-state index in [1.807, 2.05) is 37.3 Å². The molecule has 0 aliphatic heterocycles. The van der Waals surface area contributed by atoms with Gasteiger partial charge in [0.1, 0.15) is 5.82 Å². The second kappa shape index (κ2) is 5.28. The van der Waals surface area contributed by atoms with Gasteiger partial charge in [0.15, 0.2) is 0 Å². The van der Waals surface area contributed by atoms with Gasteiger partial charge in [-0.1, -0.05) is 37.3 Å². The molecule has 0 atom stereocenters. The van der Waals surface area contributed by atoms with Crippen molar-refractivity contribution >= 4 is 16.6 Å². The maximum Gasteiger partial charge on any atom is 0.270 e. The molecule has 21 heavy (non-hydrogen) atoms. The highest BCUT2D eigenvalue weighted by Gasteiger charge is 2.13. The molecule has 0 N–H and O–H groups in total. The van der Waals surface area contributed by atoms with Crippen LogP contribution in [0.5, 0.6) is 0 Å². The zero-order valence-electron chi connectivity index (χ0n) is 11.5. The minimum atomic E-state index is -0.401. The average molecular weight is 279 g/mol. The first kappa shape index (κ1) is 13.2. The van der Waals surface area contributed by atoms with E-state index in [9.17, 15) is 10.1 Å². The molecule has 0 aliphatic carbocycles. The van der Waals surface area contributed by atoms with E-state index < -0.39 is 4.92 Å². The zero-order valence-corrected chi connectivity index (χ0v) is 11.5. The van der Waals surface area contributed by atoms with Crippen molar-refractivity contribution in [1.82, 2.24) is 9.97 Å². The van der Waals surface area contributed by atoms with Crippen molar-refractivity contribution in [3.05, 3.63) is 64.5 Å². The lowest BCUT2D eigenvalue weighted by molar-refractivity contribution is -0.384. The van der Waals surface area contributed by atoms with E-state index in [0.717, 1.165) is 22.6 Å². The van der Waals surface area contributed by atoms with E-state index in [2.05, 4.69) is 9.97 Å². The monoisotopic (exact) mass is 279 g/mol. The second-order valence-corrected chi connectivity index (χ2v) is 4.67. The molecule has 1 heterocycles. The summed E-state index contributed by atoms with van der Waals surface area (Å²) in [5, 5.41) is 11.7. The summed E-state index contributed by atoms with van der Waals surface area (Å²) >= 11 is 0. The Hall–Kier alpha value is -2.82. The molecule has 3 aromatic rings. The molecule has 0 spiro atoms. The van der Waals surface area contributed by atoms with Crippen molar-refractivity contribution in [2.75, 3.05) is 0 Å². The van der Waals surface area contributed by atoms with Gasteiger partial charge in [-0.3, -0.25) is 10.1 Å². The van der Waals surface area contributed by atoms with Crippen LogP contribution >= 0.6 is 0 Å². The summed E-state index contributed by atoms with van der Waals surface area (Å²) in [5.41, 5.74) is 2.44. The second-order valence-electron chi connectivity index (χ2n) is 4.67. The first-order valence-corrected chi connectivity index (χ1v) is 6.69. The van der Waals surface area contributed by atoms with Gasteiger partial charge in [0, 0.05) is 29.5 Å². The third kappa shape index (κ3) is 2.45. The first-order chi connectivity index (χ1) is 10.2. The minimum Gasteiger partial charge on any atom is -0.258 e. The summed E-state index contributed by atoms with van der Waals surface area (Å²) < 4.78 is 0. The van der Waals surface area contributed by atoms with Crippen molar-refractivity contribution in [2.45, 2.75) is 13.3 Å². The number of nitro groups is 1. The highest BCUT2D eigenvalue weighted by Crippen LogP contribution is 2.29. The molecular formula is C16H13N3O2. The third-order valence-corrected chi connectivity index (χ3v) is 3.30. The van der Waals surface area contributed by atoms with E-state index in [-0.39, 0.29) is 5.69 Å². The molecule has 2 aromatic carbocycles. The Bertz CT molecular complexity index is 816. The van der Waals surface area contributed by atoms with Crippen LogP contribution in [0.25, 0.3) is 22.2 Å². The van der Waals surface area contributed by atoms with Gasteiger partial charge < -0.3 is 0 Å². The zero-order chi connectivity index (χ0) is 14.8. The SMILES string of the molecule is CCc1nc(-c2ccccc2)c2cc([N+](=O)[O-])ccc2n1. The number of benzene rings is 2. The summed E-state index contributed by atoms with van der Waals surface area (Å²) in [6.45, 7) is 1.99. The fraction of sp³-hybridized carbons (Fsp3) is 0.125. The van der Waals surface area contributed by atoms with Crippen LogP contribution in [0.2, 0.25) is 0 Å². The molecular weight excluding hydrogens is 266 g/mol. The van der Waals surface area contributed by atoms with Crippen molar-refractivity contribution in [3.8, 4) is 11.3 Å². The van der Waals surface area contributed by atoms with E-state index in [1.165, 1.54) is 12.1 Å². The molecule has 0 saturated heterocycles. The smallest absolute Gasteiger partial charge is 0.258 e. The van der Waals surface area contributed by atoms with Crippen LogP contribution in [-0.2, 0) is 6.42 Å². The Morgan fingerprint density at radius 1 is 1.10 bits per heavy atom. The van der Waals surface area contributed by atoms with Gasteiger partial charge in [-0.2, -0.15) is 0 Å². The Kier molecular flexibility index (Phi) is 3.31. The van der Waals surface area contributed by atoms with E-state index >= 15 is 0 Å². The molecule has 0 amide bonds. The fourth-order valence-corrected chi connectivity index (χ4v) is 2.25. The van der Waals surface area contributed by atoms with Crippen LogP contribution in [0.4, 0.5) is 5.69 Å². The number of nitrogens with zero attached hydrogens (tertiary/aromatic N) is 3. The summed E-state index contributed by atoms with van der Waals surface area (Å²) in [5.74, 6) is 0.732. The number of nitro benzene ring substituents is 1. The first-order valence-electron chi connectivity index (χ1n) is 6.69. The molecule has 5 nitrogen and oxygen atoms in total. The molecule has 3 rings (SSSR count). The van der Waals surface area contributed by atoms with E-state index in [1.54, 1.807) is 6.07 Å². The summed E-state index contributed by atoms with van der Waals surface area (Å²) in [6.07, 6.45) is 0.715. The molecule has 1 aromatic heterocycles. The predicted octanol–water partition coefficient (Wildman–Crippen LogP) is 3.77. The fourth-order valence-electron chi connectivity index (χ4n) is 2.25.